The Hall–Kier alpha value is -3.22. The number of rotatable bonds is 9. The third kappa shape index (κ3) is 6.14. The molecule has 1 heterocycles. The number of hydrogen-bond donors (Lipinski definition) is 2. The second-order valence-electron chi connectivity index (χ2n) is 6.96. The zero-order chi connectivity index (χ0) is 21.2. The summed E-state index contributed by atoms with van der Waals surface area (Å²) < 4.78 is 11.0. The van der Waals surface area contributed by atoms with Gasteiger partial charge in [0.1, 0.15) is 18.1 Å². The predicted octanol–water partition coefficient (Wildman–Crippen LogP) is 2.96. The fraction of sp³-hybridized carbons (Fsp3) is 0.391. The molecule has 1 aliphatic heterocycles. The number of hydrogen-bond acceptors (Lipinski definition) is 4. The van der Waals surface area contributed by atoms with Crippen LogP contribution in [0.2, 0.25) is 0 Å². The van der Waals surface area contributed by atoms with Crippen molar-refractivity contribution in [3.05, 3.63) is 54.1 Å². The Balaban J connectivity index is 1.48. The number of nitrogens with one attached hydrogen (secondary N) is 2. The molecular formula is C23H30N4O3. The number of ether oxygens (including phenoxy) is 2. The highest BCUT2D eigenvalue weighted by Crippen LogP contribution is 2.22. The van der Waals surface area contributed by atoms with Crippen LogP contribution in [-0.4, -0.2) is 45.2 Å². The zero-order valence-electron chi connectivity index (χ0n) is 17.7. The van der Waals surface area contributed by atoms with E-state index < -0.39 is 0 Å². The standard InChI is InChI=1S/C23H30N4O3/c1-3-24-23(25-13-15-30-21-7-4-6-20(16-21)29-2)26-17-18-9-11-19(12-10-18)27-14-5-8-22(27)28/h4,6-7,9-12,16H,3,5,8,13-15,17H2,1-2H3,(H2,24,25,26). The third-order valence-electron chi connectivity index (χ3n) is 4.79. The van der Waals surface area contributed by atoms with Gasteiger partial charge >= 0.3 is 0 Å². The number of carbonyl (C=O) groups excluding carboxylic acids is 1. The molecule has 1 saturated heterocycles. The van der Waals surface area contributed by atoms with Crippen molar-refractivity contribution in [3.8, 4) is 11.5 Å². The lowest BCUT2D eigenvalue weighted by Gasteiger charge is -2.16. The van der Waals surface area contributed by atoms with Crippen LogP contribution in [0.3, 0.4) is 0 Å². The number of methoxy groups -OCH3 is 1. The lowest BCUT2D eigenvalue weighted by Crippen LogP contribution is -2.39. The fourth-order valence-corrected chi connectivity index (χ4v) is 3.24. The van der Waals surface area contributed by atoms with Crippen molar-refractivity contribution >= 4 is 17.6 Å². The summed E-state index contributed by atoms with van der Waals surface area (Å²) in [6, 6.07) is 15.6. The van der Waals surface area contributed by atoms with Gasteiger partial charge < -0.3 is 25.0 Å². The molecule has 0 spiro atoms. The first-order valence-corrected chi connectivity index (χ1v) is 10.4. The van der Waals surface area contributed by atoms with Crippen LogP contribution in [0.1, 0.15) is 25.3 Å². The first-order valence-electron chi connectivity index (χ1n) is 10.4. The molecule has 2 aromatic rings. The van der Waals surface area contributed by atoms with Crippen molar-refractivity contribution in [3.63, 3.8) is 0 Å². The maximum atomic E-state index is 11.9. The van der Waals surface area contributed by atoms with Gasteiger partial charge in [-0.3, -0.25) is 4.79 Å². The van der Waals surface area contributed by atoms with E-state index in [1.807, 2.05) is 60.4 Å². The molecule has 0 bridgehead atoms. The van der Waals surface area contributed by atoms with Gasteiger partial charge in [0, 0.05) is 31.3 Å². The monoisotopic (exact) mass is 410 g/mol. The molecule has 7 nitrogen and oxygen atoms in total. The summed E-state index contributed by atoms with van der Waals surface area (Å²) in [5, 5.41) is 6.52. The summed E-state index contributed by atoms with van der Waals surface area (Å²) in [6.45, 7) is 5.31. The highest BCUT2D eigenvalue weighted by molar-refractivity contribution is 5.95. The van der Waals surface area contributed by atoms with E-state index in [4.69, 9.17) is 9.47 Å². The van der Waals surface area contributed by atoms with E-state index in [9.17, 15) is 4.79 Å². The molecule has 7 heteroatoms. The molecule has 0 atom stereocenters. The quantitative estimate of drug-likeness (QED) is 0.378. The average molecular weight is 411 g/mol. The van der Waals surface area contributed by atoms with Crippen molar-refractivity contribution < 1.29 is 14.3 Å². The number of benzene rings is 2. The molecule has 3 rings (SSSR count). The average Bonchev–Trinajstić information content (AvgIpc) is 3.21. The number of anilines is 1. The van der Waals surface area contributed by atoms with Crippen LogP contribution in [0.25, 0.3) is 0 Å². The number of amides is 1. The Morgan fingerprint density at radius 3 is 2.63 bits per heavy atom. The summed E-state index contributed by atoms with van der Waals surface area (Å²) >= 11 is 0. The smallest absolute Gasteiger partial charge is 0.227 e. The topological polar surface area (TPSA) is 75.2 Å². The van der Waals surface area contributed by atoms with Crippen molar-refractivity contribution in [2.45, 2.75) is 26.3 Å². The van der Waals surface area contributed by atoms with Crippen LogP contribution < -0.4 is 25.0 Å². The van der Waals surface area contributed by atoms with Gasteiger partial charge in [-0.1, -0.05) is 18.2 Å². The van der Waals surface area contributed by atoms with Gasteiger partial charge in [0.05, 0.1) is 20.2 Å². The van der Waals surface area contributed by atoms with E-state index in [2.05, 4.69) is 15.6 Å². The Kier molecular flexibility index (Phi) is 7.94. The van der Waals surface area contributed by atoms with Gasteiger partial charge in [-0.15, -0.1) is 0 Å². The van der Waals surface area contributed by atoms with Crippen molar-refractivity contribution in [2.75, 3.05) is 38.3 Å². The molecule has 0 unspecified atom stereocenters. The van der Waals surface area contributed by atoms with Gasteiger partial charge in [-0.25, -0.2) is 4.99 Å². The van der Waals surface area contributed by atoms with E-state index >= 15 is 0 Å². The molecule has 30 heavy (non-hydrogen) atoms. The third-order valence-corrected chi connectivity index (χ3v) is 4.79. The van der Waals surface area contributed by atoms with E-state index in [1.54, 1.807) is 7.11 Å². The number of carbonyl (C=O) groups is 1. The molecule has 2 N–H and O–H groups in total. The molecule has 0 saturated carbocycles. The number of nitrogens with zero attached hydrogens (tertiary/aromatic N) is 2. The van der Waals surface area contributed by atoms with Gasteiger partial charge in [-0.2, -0.15) is 0 Å². The molecule has 160 valence electrons. The molecule has 0 radical (unpaired) electrons. The Bertz CT molecular complexity index is 852. The molecule has 0 aliphatic carbocycles. The van der Waals surface area contributed by atoms with E-state index in [0.29, 0.717) is 26.1 Å². The Labute approximate surface area is 178 Å². The summed E-state index contributed by atoms with van der Waals surface area (Å²) in [5.41, 5.74) is 2.06. The number of guanidine groups is 1. The second kappa shape index (κ2) is 11.1. The molecule has 2 aromatic carbocycles. The summed E-state index contributed by atoms with van der Waals surface area (Å²) in [5.74, 6) is 2.49. The Morgan fingerprint density at radius 2 is 1.93 bits per heavy atom. The predicted molar refractivity (Wildman–Crippen MR) is 119 cm³/mol. The molecule has 0 aromatic heterocycles. The van der Waals surface area contributed by atoms with Crippen molar-refractivity contribution in [1.82, 2.24) is 10.6 Å². The first kappa shape index (κ1) is 21.5. The van der Waals surface area contributed by atoms with Crippen molar-refractivity contribution in [2.24, 2.45) is 4.99 Å². The van der Waals surface area contributed by atoms with Crippen LogP contribution in [0.15, 0.2) is 53.5 Å². The minimum atomic E-state index is 0.204. The lowest BCUT2D eigenvalue weighted by molar-refractivity contribution is -0.117. The van der Waals surface area contributed by atoms with E-state index in [1.165, 1.54) is 0 Å². The molecule has 1 fully saturated rings. The Morgan fingerprint density at radius 1 is 1.13 bits per heavy atom. The lowest BCUT2D eigenvalue weighted by atomic mass is 10.2. The molecule has 1 amide bonds. The van der Waals surface area contributed by atoms with E-state index in [0.717, 1.165) is 48.2 Å². The van der Waals surface area contributed by atoms with Crippen molar-refractivity contribution in [1.29, 1.82) is 0 Å². The normalized spacial score (nSPS) is 14.0. The highest BCUT2D eigenvalue weighted by atomic mass is 16.5. The van der Waals surface area contributed by atoms with Crippen LogP contribution in [0.4, 0.5) is 5.69 Å². The molecular weight excluding hydrogens is 380 g/mol. The van der Waals surface area contributed by atoms with Gasteiger partial charge in [0.15, 0.2) is 5.96 Å². The zero-order valence-corrected chi connectivity index (χ0v) is 17.7. The maximum absolute atomic E-state index is 11.9. The van der Waals surface area contributed by atoms with E-state index in [-0.39, 0.29) is 5.91 Å². The van der Waals surface area contributed by atoms with Gasteiger partial charge in [0.25, 0.3) is 0 Å². The largest absolute Gasteiger partial charge is 0.497 e. The SMILES string of the molecule is CCNC(=NCc1ccc(N2CCCC2=O)cc1)NCCOc1cccc(OC)c1. The summed E-state index contributed by atoms with van der Waals surface area (Å²) in [4.78, 5) is 18.3. The highest BCUT2D eigenvalue weighted by Gasteiger charge is 2.21. The summed E-state index contributed by atoms with van der Waals surface area (Å²) in [7, 11) is 1.64. The minimum Gasteiger partial charge on any atom is -0.497 e. The summed E-state index contributed by atoms with van der Waals surface area (Å²) in [6.07, 6.45) is 1.58. The first-order chi connectivity index (χ1) is 14.7. The second-order valence-corrected chi connectivity index (χ2v) is 6.96. The fourth-order valence-electron chi connectivity index (χ4n) is 3.24. The van der Waals surface area contributed by atoms with Gasteiger partial charge in [-0.05, 0) is 43.2 Å². The molecule has 1 aliphatic rings. The van der Waals surface area contributed by atoms with Crippen LogP contribution in [0.5, 0.6) is 11.5 Å². The van der Waals surface area contributed by atoms with Crippen LogP contribution in [0, 0.1) is 0 Å². The van der Waals surface area contributed by atoms with Gasteiger partial charge in [0.2, 0.25) is 5.91 Å². The van der Waals surface area contributed by atoms with Crippen LogP contribution >= 0.6 is 0 Å². The number of aliphatic imine (C=N–C) groups is 1. The van der Waals surface area contributed by atoms with Crippen LogP contribution in [-0.2, 0) is 11.3 Å². The maximum Gasteiger partial charge on any atom is 0.227 e. The minimum absolute atomic E-state index is 0.204.